The first-order valence-electron chi connectivity index (χ1n) is 10.2. The number of aromatic nitrogens is 1. The molecule has 3 nitrogen and oxygen atoms in total. The van der Waals surface area contributed by atoms with Crippen LogP contribution >= 0.6 is 0 Å². The molecule has 2 heterocycles. The largest absolute Gasteiger partial charge is 0.497 e. The summed E-state index contributed by atoms with van der Waals surface area (Å²) in [6.45, 7) is 0. The smallest absolute Gasteiger partial charge is 0.136 e. The summed E-state index contributed by atoms with van der Waals surface area (Å²) in [6.07, 6.45) is 6.76. The maximum absolute atomic E-state index is 6.27. The van der Waals surface area contributed by atoms with E-state index in [1.807, 2.05) is 18.3 Å². The molecule has 3 aromatic carbocycles. The van der Waals surface area contributed by atoms with E-state index in [2.05, 4.69) is 42.5 Å². The molecule has 0 N–H and O–H groups in total. The molecule has 6 rings (SSSR count). The molecule has 0 unspecified atom stereocenters. The zero-order valence-corrected chi connectivity index (χ0v) is 16.4. The van der Waals surface area contributed by atoms with Gasteiger partial charge in [0.2, 0.25) is 0 Å². The van der Waals surface area contributed by atoms with Gasteiger partial charge in [0, 0.05) is 27.9 Å². The molecule has 3 heteroatoms. The molecule has 2 aromatic heterocycles. The molecule has 29 heavy (non-hydrogen) atoms. The summed E-state index contributed by atoms with van der Waals surface area (Å²) in [4.78, 5) is 4.70. The van der Waals surface area contributed by atoms with E-state index < -0.39 is 0 Å². The summed E-state index contributed by atoms with van der Waals surface area (Å²) in [5.41, 5.74) is 6.94. The molecule has 142 valence electrons. The Morgan fingerprint density at radius 3 is 2.31 bits per heavy atom. The van der Waals surface area contributed by atoms with Crippen molar-refractivity contribution in [3.8, 4) is 17.0 Å². The average Bonchev–Trinajstić information content (AvgIpc) is 3.12. The van der Waals surface area contributed by atoms with Gasteiger partial charge in [-0.05, 0) is 96.8 Å². The molecule has 0 atom stereocenters. The zero-order valence-electron chi connectivity index (χ0n) is 16.4. The van der Waals surface area contributed by atoms with Crippen LogP contribution in [0, 0.1) is 0 Å². The van der Waals surface area contributed by atoms with Gasteiger partial charge in [0.25, 0.3) is 0 Å². The van der Waals surface area contributed by atoms with Gasteiger partial charge in [0.05, 0.1) is 12.8 Å². The normalized spacial score (nSPS) is 13.8. The summed E-state index contributed by atoms with van der Waals surface area (Å²) in [5, 5.41) is 4.67. The van der Waals surface area contributed by atoms with E-state index in [-0.39, 0.29) is 0 Å². The maximum atomic E-state index is 6.27. The van der Waals surface area contributed by atoms with E-state index in [1.54, 1.807) is 7.11 Å². The predicted octanol–water partition coefficient (Wildman–Crippen LogP) is 6.69. The number of furan rings is 1. The van der Waals surface area contributed by atoms with Crippen molar-refractivity contribution in [3.63, 3.8) is 0 Å². The standard InChI is InChI=1S/C26H21NO2/c1-28-20-8-6-16(7-9-20)26-21-15-23-22-12-17-4-2-3-5-18(17)13-24(22)29-25(23)14-19(21)10-11-27-26/h6-15H,2-5H2,1H3. The van der Waals surface area contributed by atoms with Crippen LogP contribution in [0.3, 0.4) is 0 Å². The Morgan fingerprint density at radius 1 is 0.793 bits per heavy atom. The molecule has 0 fully saturated rings. The van der Waals surface area contributed by atoms with Crippen LogP contribution in [0.25, 0.3) is 44.0 Å². The van der Waals surface area contributed by atoms with Crippen molar-refractivity contribution in [1.29, 1.82) is 0 Å². The third-order valence-corrected chi connectivity index (χ3v) is 6.18. The van der Waals surface area contributed by atoms with Crippen LogP contribution in [0.4, 0.5) is 0 Å². The zero-order chi connectivity index (χ0) is 19.4. The molecular weight excluding hydrogens is 358 g/mol. The van der Waals surface area contributed by atoms with Crippen LogP contribution in [0.5, 0.6) is 5.75 Å². The fourth-order valence-electron chi connectivity index (χ4n) is 4.65. The number of hydrogen-bond acceptors (Lipinski definition) is 3. The highest BCUT2D eigenvalue weighted by Crippen LogP contribution is 2.37. The number of aryl methyl sites for hydroxylation is 2. The van der Waals surface area contributed by atoms with Crippen molar-refractivity contribution >= 4 is 32.7 Å². The minimum absolute atomic E-state index is 0.849. The van der Waals surface area contributed by atoms with Crippen LogP contribution in [-0.2, 0) is 12.8 Å². The maximum Gasteiger partial charge on any atom is 0.136 e. The summed E-state index contributed by atoms with van der Waals surface area (Å²) in [6, 6.07) is 19.2. The summed E-state index contributed by atoms with van der Waals surface area (Å²) < 4.78 is 11.6. The molecule has 0 bridgehead atoms. The minimum Gasteiger partial charge on any atom is -0.497 e. The number of methoxy groups -OCH3 is 1. The van der Waals surface area contributed by atoms with E-state index in [0.29, 0.717) is 0 Å². The summed E-state index contributed by atoms with van der Waals surface area (Å²) >= 11 is 0. The second-order valence-electron chi connectivity index (χ2n) is 7.88. The molecule has 0 aliphatic heterocycles. The van der Waals surface area contributed by atoms with E-state index in [1.165, 1.54) is 41.2 Å². The molecule has 0 radical (unpaired) electrons. The van der Waals surface area contributed by atoms with Crippen LogP contribution in [0.2, 0.25) is 0 Å². The Hall–Kier alpha value is -3.33. The first-order valence-corrected chi connectivity index (χ1v) is 10.2. The summed E-state index contributed by atoms with van der Waals surface area (Å²) in [5.74, 6) is 0.849. The Balaban J connectivity index is 1.61. The molecular formula is C26H21NO2. The molecule has 1 aliphatic carbocycles. The van der Waals surface area contributed by atoms with Gasteiger partial charge in [-0.25, -0.2) is 0 Å². The van der Waals surface area contributed by atoms with Crippen molar-refractivity contribution in [2.75, 3.05) is 7.11 Å². The number of pyridine rings is 1. The second-order valence-corrected chi connectivity index (χ2v) is 7.88. The predicted molar refractivity (Wildman–Crippen MR) is 118 cm³/mol. The molecule has 0 spiro atoms. The number of hydrogen-bond donors (Lipinski definition) is 0. The van der Waals surface area contributed by atoms with Crippen molar-refractivity contribution in [1.82, 2.24) is 4.98 Å². The number of ether oxygens (including phenoxy) is 1. The topological polar surface area (TPSA) is 35.3 Å². The lowest BCUT2D eigenvalue weighted by Gasteiger charge is -2.14. The average molecular weight is 379 g/mol. The number of rotatable bonds is 2. The molecule has 0 saturated heterocycles. The van der Waals surface area contributed by atoms with Crippen LogP contribution < -0.4 is 4.74 Å². The van der Waals surface area contributed by atoms with E-state index in [0.717, 1.165) is 45.4 Å². The van der Waals surface area contributed by atoms with Gasteiger partial charge < -0.3 is 9.15 Å². The van der Waals surface area contributed by atoms with Crippen molar-refractivity contribution in [2.45, 2.75) is 25.7 Å². The van der Waals surface area contributed by atoms with Gasteiger partial charge in [0.15, 0.2) is 0 Å². The SMILES string of the molecule is COc1ccc(-c2nccc3cc4oc5cc6c(cc5c4cc23)CCCC6)cc1. The highest BCUT2D eigenvalue weighted by molar-refractivity contribution is 6.12. The van der Waals surface area contributed by atoms with Gasteiger partial charge in [-0.1, -0.05) is 0 Å². The Morgan fingerprint density at radius 2 is 1.52 bits per heavy atom. The van der Waals surface area contributed by atoms with E-state index in [9.17, 15) is 0 Å². The summed E-state index contributed by atoms with van der Waals surface area (Å²) in [7, 11) is 1.69. The Labute approximate surface area is 168 Å². The Kier molecular flexibility index (Phi) is 3.63. The first-order chi connectivity index (χ1) is 14.3. The van der Waals surface area contributed by atoms with Gasteiger partial charge >= 0.3 is 0 Å². The quantitative estimate of drug-likeness (QED) is 0.343. The van der Waals surface area contributed by atoms with Gasteiger partial charge in [-0.15, -0.1) is 0 Å². The highest BCUT2D eigenvalue weighted by Gasteiger charge is 2.16. The number of fused-ring (bicyclic) bond motifs is 5. The highest BCUT2D eigenvalue weighted by atomic mass is 16.5. The fraction of sp³-hybridized carbons (Fsp3) is 0.192. The Bertz CT molecular complexity index is 1380. The van der Waals surface area contributed by atoms with Crippen molar-refractivity contribution in [3.05, 3.63) is 71.9 Å². The number of benzene rings is 3. The van der Waals surface area contributed by atoms with Crippen LogP contribution in [0.15, 0.2) is 65.2 Å². The van der Waals surface area contributed by atoms with E-state index >= 15 is 0 Å². The minimum atomic E-state index is 0.849. The van der Waals surface area contributed by atoms with Gasteiger partial charge in [-0.2, -0.15) is 0 Å². The molecule has 0 amide bonds. The molecule has 5 aromatic rings. The lowest BCUT2D eigenvalue weighted by Crippen LogP contribution is -2.01. The molecule has 0 saturated carbocycles. The van der Waals surface area contributed by atoms with Gasteiger partial charge in [0.1, 0.15) is 16.9 Å². The van der Waals surface area contributed by atoms with E-state index in [4.69, 9.17) is 14.1 Å². The fourth-order valence-corrected chi connectivity index (χ4v) is 4.65. The second kappa shape index (κ2) is 6.35. The van der Waals surface area contributed by atoms with Gasteiger partial charge in [-0.3, -0.25) is 4.98 Å². The number of nitrogens with zero attached hydrogens (tertiary/aromatic N) is 1. The molecule has 1 aliphatic rings. The lowest BCUT2D eigenvalue weighted by molar-refractivity contribution is 0.415. The lowest BCUT2D eigenvalue weighted by atomic mass is 9.90. The van der Waals surface area contributed by atoms with Crippen molar-refractivity contribution in [2.24, 2.45) is 0 Å². The third-order valence-electron chi connectivity index (χ3n) is 6.18. The van der Waals surface area contributed by atoms with Crippen LogP contribution in [0.1, 0.15) is 24.0 Å². The monoisotopic (exact) mass is 379 g/mol. The first kappa shape index (κ1) is 16.6. The van der Waals surface area contributed by atoms with Crippen molar-refractivity contribution < 1.29 is 9.15 Å². The third kappa shape index (κ3) is 2.61. The van der Waals surface area contributed by atoms with Crippen LogP contribution in [-0.4, -0.2) is 12.1 Å².